The summed E-state index contributed by atoms with van der Waals surface area (Å²) in [5.74, 6) is -0.946. The highest BCUT2D eigenvalue weighted by Crippen LogP contribution is 2.33. The molecule has 1 heterocycles. The first kappa shape index (κ1) is 22.3. The average Bonchev–Trinajstić information content (AvgIpc) is 2.83. The van der Waals surface area contributed by atoms with Gasteiger partial charge >= 0.3 is 12.1 Å². The van der Waals surface area contributed by atoms with Gasteiger partial charge in [-0.05, 0) is 52.4 Å². The number of carbonyl (C=O) groups is 2. The fourth-order valence-electron chi connectivity index (χ4n) is 3.68. The lowest BCUT2D eigenvalue weighted by molar-refractivity contribution is -0.139. The van der Waals surface area contributed by atoms with E-state index in [2.05, 4.69) is 0 Å². The van der Waals surface area contributed by atoms with Gasteiger partial charge in [0.2, 0.25) is 0 Å². The topological polar surface area (TPSA) is 85.3 Å². The molecular formula is C25H22FNO6. The number of rotatable bonds is 7. The van der Waals surface area contributed by atoms with Crippen LogP contribution in [0.4, 0.5) is 9.18 Å². The van der Waals surface area contributed by atoms with Crippen LogP contribution in [-0.4, -0.2) is 35.4 Å². The Kier molecular flexibility index (Phi) is 6.85. The first-order valence-corrected chi connectivity index (χ1v) is 10.4. The number of fused-ring (bicyclic) bond motifs is 1. The van der Waals surface area contributed by atoms with Gasteiger partial charge in [-0.3, -0.25) is 0 Å². The van der Waals surface area contributed by atoms with Crippen molar-refractivity contribution in [3.8, 4) is 16.9 Å². The van der Waals surface area contributed by atoms with Crippen molar-refractivity contribution in [2.24, 2.45) is 0 Å². The van der Waals surface area contributed by atoms with Gasteiger partial charge in [-0.25, -0.2) is 14.0 Å². The summed E-state index contributed by atoms with van der Waals surface area (Å²) < 4.78 is 24.8. The Morgan fingerprint density at radius 3 is 2.45 bits per heavy atom. The molecule has 0 amide bonds. The zero-order chi connectivity index (χ0) is 23.2. The molecule has 3 aromatic rings. The van der Waals surface area contributed by atoms with Gasteiger partial charge in [0.1, 0.15) is 18.2 Å². The van der Waals surface area contributed by atoms with Crippen LogP contribution in [0.25, 0.3) is 11.1 Å². The summed E-state index contributed by atoms with van der Waals surface area (Å²) in [7, 11) is 0. The van der Waals surface area contributed by atoms with Gasteiger partial charge in [-0.15, -0.1) is 5.06 Å². The second-order valence-corrected chi connectivity index (χ2v) is 7.49. The van der Waals surface area contributed by atoms with E-state index in [4.69, 9.17) is 19.4 Å². The standard InChI is InChI=1S/C25H22FNO6/c26-23-11-10-20(18-6-8-19(9-7-18)31-16-24(28)29)22-14-27(13-12-21(22)23)33-25(30)32-15-17-4-2-1-3-5-17/h1-11H,12-16H2,(H,28,29). The number of carboxylic acid groups (broad SMARTS) is 1. The van der Waals surface area contributed by atoms with Gasteiger partial charge in [0.15, 0.2) is 6.61 Å². The number of carboxylic acids is 1. The van der Waals surface area contributed by atoms with Crippen molar-refractivity contribution < 1.29 is 33.4 Å². The minimum Gasteiger partial charge on any atom is -0.482 e. The Morgan fingerprint density at radius 2 is 1.73 bits per heavy atom. The summed E-state index contributed by atoms with van der Waals surface area (Å²) in [5.41, 5.74) is 3.75. The highest BCUT2D eigenvalue weighted by atomic mass is 19.1. The summed E-state index contributed by atoms with van der Waals surface area (Å²) in [5, 5.41) is 10.2. The van der Waals surface area contributed by atoms with E-state index in [-0.39, 0.29) is 19.0 Å². The lowest BCUT2D eigenvalue weighted by Crippen LogP contribution is -2.34. The Bertz CT molecular complexity index is 1130. The zero-order valence-corrected chi connectivity index (χ0v) is 17.7. The molecule has 0 aliphatic carbocycles. The van der Waals surface area contributed by atoms with Crippen molar-refractivity contribution in [3.05, 3.63) is 89.2 Å². The lowest BCUT2D eigenvalue weighted by Gasteiger charge is -2.29. The molecule has 0 radical (unpaired) electrons. The third kappa shape index (κ3) is 5.67. The molecule has 1 aliphatic heterocycles. The van der Waals surface area contributed by atoms with Crippen LogP contribution in [0.2, 0.25) is 0 Å². The van der Waals surface area contributed by atoms with E-state index in [1.807, 2.05) is 30.3 Å². The molecule has 7 nitrogen and oxygen atoms in total. The Morgan fingerprint density at radius 1 is 0.970 bits per heavy atom. The maximum absolute atomic E-state index is 14.5. The molecule has 8 heteroatoms. The molecule has 170 valence electrons. The molecule has 33 heavy (non-hydrogen) atoms. The number of benzene rings is 3. The predicted octanol–water partition coefficient (Wildman–Crippen LogP) is 4.58. The van der Waals surface area contributed by atoms with Crippen molar-refractivity contribution in [1.29, 1.82) is 0 Å². The number of hydrogen-bond donors (Lipinski definition) is 1. The fraction of sp³-hybridized carbons (Fsp3) is 0.200. The third-order valence-corrected chi connectivity index (χ3v) is 5.25. The van der Waals surface area contributed by atoms with Gasteiger partial charge < -0.3 is 19.4 Å². The molecule has 3 aromatic carbocycles. The first-order chi connectivity index (χ1) is 16.0. The predicted molar refractivity (Wildman–Crippen MR) is 117 cm³/mol. The molecule has 0 spiro atoms. The van der Waals surface area contributed by atoms with Gasteiger partial charge in [0, 0.05) is 6.54 Å². The second kappa shape index (κ2) is 10.1. The molecule has 0 saturated heterocycles. The second-order valence-electron chi connectivity index (χ2n) is 7.49. The molecule has 0 aromatic heterocycles. The van der Waals surface area contributed by atoms with E-state index in [1.54, 1.807) is 30.3 Å². The SMILES string of the molecule is O=C(O)COc1ccc(-c2ccc(F)c3c2CN(OC(=O)OCc2ccccc2)CC3)cc1. The number of hydrogen-bond acceptors (Lipinski definition) is 6. The molecule has 0 saturated carbocycles. The molecule has 0 bridgehead atoms. The normalized spacial score (nSPS) is 13.1. The Labute approximate surface area is 189 Å². The summed E-state index contributed by atoms with van der Waals surface area (Å²) in [6.07, 6.45) is -0.443. The van der Waals surface area contributed by atoms with Crippen molar-refractivity contribution in [2.75, 3.05) is 13.2 Å². The highest BCUT2D eigenvalue weighted by Gasteiger charge is 2.25. The fourth-order valence-corrected chi connectivity index (χ4v) is 3.68. The summed E-state index contributed by atoms with van der Waals surface area (Å²) >= 11 is 0. The monoisotopic (exact) mass is 451 g/mol. The number of ether oxygens (including phenoxy) is 2. The van der Waals surface area contributed by atoms with Crippen LogP contribution < -0.4 is 4.74 Å². The molecule has 0 unspecified atom stereocenters. The maximum atomic E-state index is 14.5. The van der Waals surface area contributed by atoms with Crippen LogP contribution in [0.5, 0.6) is 5.75 Å². The van der Waals surface area contributed by atoms with Gasteiger partial charge in [-0.1, -0.05) is 48.5 Å². The zero-order valence-electron chi connectivity index (χ0n) is 17.7. The first-order valence-electron chi connectivity index (χ1n) is 10.4. The highest BCUT2D eigenvalue weighted by molar-refractivity contribution is 5.71. The number of aliphatic carboxylic acids is 1. The van der Waals surface area contributed by atoms with Crippen molar-refractivity contribution in [1.82, 2.24) is 5.06 Å². The minimum absolute atomic E-state index is 0.0975. The summed E-state index contributed by atoms with van der Waals surface area (Å²) in [6.45, 7) is 0.216. The quantitative estimate of drug-likeness (QED) is 0.526. The van der Waals surface area contributed by atoms with E-state index >= 15 is 0 Å². The van der Waals surface area contributed by atoms with Crippen LogP contribution in [-0.2, 0) is 33.9 Å². The molecule has 0 fully saturated rings. The summed E-state index contributed by atoms with van der Waals surface area (Å²) in [6, 6.07) is 19.2. The number of halogens is 1. The Balaban J connectivity index is 1.45. The van der Waals surface area contributed by atoms with Gasteiger partial charge in [-0.2, -0.15) is 0 Å². The van der Waals surface area contributed by atoms with Crippen molar-refractivity contribution in [3.63, 3.8) is 0 Å². The van der Waals surface area contributed by atoms with E-state index in [0.717, 1.165) is 22.3 Å². The summed E-state index contributed by atoms with van der Waals surface area (Å²) in [4.78, 5) is 28.2. The van der Waals surface area contributed by atoms with E-state index in [9.17, 15) is 14.0 Å². The number of nitrogens with zero attached hydrogens (tertiary/aromatic N) is 1. The van der Waals surface area contributed by atoms with Crippen molar-refractivity contribution in [2.45, 2.75) is 19.6 Å². The van der Waals surface area contributed by atoms with Gasteiger partial charge in [0.25, 0.3) is 0 Å². The third-order valence-electron chi connectivity index (χ3n) is 5.25. The Hall–Kier alpha value is -3.91. The van der Waals surface area contributed by atoms with Gasteiger partial charge in [0.05, 0.1) is 6.54 Å². The average molecular weight is 451 g/mol. The van der Waals surface area contributed by atoms with Crippen LogP contribution in [0.15, 0.2) is 66.7 Å². The number of hydroxylamine groups is 2. The smallest absolute Gasteiger partial charge is 0.482 e. The number of carbonyl (C=O) groups excluding carboxylic acids is 1. The maximum Gasteiger partial charge on any atom is 0.528 e. The lowest BCUT2D eigenvalue weighted by atomic mass is 9.91. The van der Waals surface area contributed by atoms with Crippen LogP contribution in [0.3, 0.4) is 0 Å². The van der Waals surface area contributed by atoms with E-state index in [1.165, 1.54) is 11.1 Å². The molecule has 1 aliphatic rings. The largest absolute Gasteiger partial charge is 0.528 e. The molecule has 0 atom stereocenters. The van der Waals surface area contributed by atoms with E-state index in [0.29, 0.717) is 24.3 Å². The van der Waals surface area contributed by atoms with E-state index < -0.39 is 18.7 Å². The van der Waals surface area contributed by atoms with Crippen LogP contribution in [0, 0.1) is 5.82 Å². The minimum atomic E-state index is -1.06. The molecule has 1 N–H and O–H groups in total. The molecule has 4 rings (SSSR count). The molecular weight excluding hydrogens is 429 g/mol. The van der Waals surface area contributed by atoms with Crippen LogP contribution in [0.1, 0.15) is 16.7 Å². The van der Waals surface area contributed by atoms with Crippen molar-refractivity contribution >= 4 is 12.1 Å². The van der Waals surface area contributed by atoms with Crippen LogP contribution >= 0.6 is 0 Å².